The molecule has 0 aliphatic carbocycles. The molecule has 0 unspecified atom stereocenters. The first-order chi connectivity index (χ1) is 12.1. The van der Waals surface area contributed by atoms with Crippen LogP contribution in [0, 0.1) is 5.41 Å². The molecule has 0 radical (unpaired) electrons. The number of hydrogen-bond acceptors (Lipinski definition) is 4. The molecule has 5 nitrogen and oxygen atoms in total. The Hall–Kier alpha value is -2.73. The summed E-state index contributed by atoms with van der Waals surface area (Å²) >= 11 is 3.18. The van der Waals surface area contributed by atoms with Gasteiger partial charge >= 0.3 is 0 Å². The number of rotatable bonds is 5. The standard InChI is InChI=1S/C19H17BrN4O/c1-24-17-9-14(7-8-16(17)23-18(20)19(24)25)15(10-21)12-22-11-13-5-3-2-4-6-13/h2-10,12,21-22H,11H2,1H3/b15-12+,21-10?. The van der Waals surface area contributed by atoms with Crippen LogP contribution in [-0.2, 0) is 13.6 Å². The molecule has 0 saturated carbocycles. The summed E-state index contributed by atoms with van der Waals surface area (Å²) in [5.74, 6) is 0. The van der Waals surface area contributed by atoms with Crippen molar-refractivity contribution in [2.75, 3.05) is 0 Å². The van der Waals surface area contributed by atoms with E-state index in [1.807, 2.05) is 54.7 Å². The summed E-state index contributed by atoms with van der Waals surface area (Å²) in [5.41, 5.74) is 4.00. The molecule has 3 aromatic rings. The van der Waals surface area contributed by atoms with Crippen LogP contribution in [0.15, 0.2) is 64.1 Å². The summed E-state index contributed by atoms with van der Waals surface area (Å²) in [6.45, 7) is 0.679. The lowest BCUT2D eigenvalue weighted by Crippen LogP contribution is -2.19. The summed E-state index contributed by atoms with van der Waals surface area (Å²) in [7, 11) is 1.71. The molecule has 1 heterocycles. The van der Waals surface area contributed by atoms with Gasteiger partial charge < -0.3 is 15.3 Å². The predicted octanol–water partition coefficient (Wildman–Crippen LogP) is 3.48. The highest BCUT2D eigenvalue weighted by molar-refractivity contribution is 9.10. The number of halogens is 1. The number of aryl methyl sites for hydroxylation is 1. The Bertz CT molecular complexity index is 1010. The SMILES string of the molecule is Cn1c(=O)c(Br)nc2ccc(/C(C=N)=C/NCc3ccccc3)cc21. The van der Waals surface area contributed by atoms with E-state index >= 15 is 0 Å². The molecule has 2 N–H and O–H groups in total. The second kappa shape index (κ2) is 7.44. The normalized spacial score (nSPS) is 11.5. The minimum atomic E-state index is -0.188. The van der Waals surface area contributed by atoms with Gasteiger partial charge in [0, 0.05) is 31.6 Å². The van der Waals surface area contributed by atoms with Crippen molar-refractivity contribution in [2.45, 2.75) is 6.54 Å². The largest absolute Gasteiger partial charge is 0.386 e. The topological polar surface area (TPSA) is 70.8 Å². The van der Waals surface area contributed by atoms with Gasteiger partial charge in [0.15, 0.2) is 4.60 Å². The first-order valence-electron chi connectivity index (χ1n) is 7.75. The molecule has 0 saturated heterocycles. The molecule has 6 heteroatoms. The van der Waals surface area contributed by atoms with E-state index in [0.717, 1.165) is 27.7 Å². The maximum atomic E-state index is 12.0. The number of fused-ring (bicyclic) bond motifs is 1. The van der Waals surface area contributed by atoms with E-state index in [1.165, 1.54) is 6.21 Å². The third-order valence-corrected chi connectivity index (χ3v) is 4.45. The van der Waals surface area contributed by atoms with Crippen molar-refractivity contribution in [1.29, 1.82) is 5.41 Å². The fourth-order valence-electron chi connectivity index (χ4n) is 2.55. The van der Waals surface area contributed by atoms with Crippen molar-refractivity contribution in [3.63, 3.8) is 0 Å². The van der Waals surface area contributed by atoms with Gasteiger partial charge in [0.2, 0.25) is 0 Å². The molecule has 0 spiro atoms. The van der Waals surface area contributed by atoms with Crippen LogP contribution in [0.2, 0.25) is 0 Å². The van der Waals surface area contributed by atoms with Crippen molar-refractivity contribution >= 4 is 38.8 Å². The van der Waals surface area contributed by atoms with E-state index in [2.05, 4.69) is 26.2 Å². The van der Waals surface area contributed by atoms with Crippen LogP contribution in [0.3, 0.4) is 0 Å². The fourth-order valence-corrected chi connectivity index (χ4v) is 3.01. The minimum Gasteiger partial charge on any atom is -0.386 e. The van der Waals surface area contributed by atoms with Gasteiger partial charge in [0.05, 0.1) is 11.0 Å². The van der Waals surface area contributed by atoms with Crippen molar-refractivity contribution in [3.05, 3.63) is 80.8 Å². The third-order valence-electron chi connectivity index (χ3n) is 3.93. The summed E-state index contributed by atoms with van der Waals surface area (Å²) in [4.78, 5) is 16.3. The lowest BCUT2D eigenvalue weighted by atomic mass is 10.1. The van der Waals surface area contributed by atoms with E-state index in [-0.39, 0.29) is 5.56 Å². The average molecular weight is 397 g/mol. The molecular formula is C19H17BrN4O. The summed E-state index contributed by atoms with van der Waals surface area (Å²) in [6.07, 6.45) is 3.11. The maximum absolute atomic E-state index is 12.0. The Balaban J connectivity index is 1.91. The molecule has 0 fully saturated rings. The Morgan fingerprint density at radius 2 is 2.04 bits per heavy atom. The van der Waals surface area contributed by atoms with Crippen molar-refractivity contribution in [1.82, 2.24) is 14.9 Å². The van der Waals surface area contributed by atoms with Gasteiger partial charge in [0.25, 0.3) is 5.56 Å². The number of allylic oxidation sites excluding steroid dienone is 1. The van der Waals surface area contributed by atoms with Crippen LogP contribution in [0.4, 0.5) is 0 Å². The maximum Gasteiger partial charge on any atom is 0.283 e. The quantitative estimate of drug-likeness (QED) is 0.648. The fraction of sp³-hybridized carbons (Fsp3) is 0.105. The van der Waals surface area contributed by atoms with Gasteiger partial charge in [-0.15, -0.1) is 0 Å². The monoisotopic (exact) mass is 396 g/mol. The van der Waals surface area contributed by atoms with E-state index in [4.69, 9.17) is 5.41 Å². The molecule has 25 heavy (non-hydrogen) atoms. The van der Waals surface area contributed by atoms with Crippen molar-refractivity contribution < 1.29 is 0 Å². The number of aromatic nitrogens is 2. The second-order valence-electron chi connectivity index (χ2n) is 5.58. The van der Waals surface area contributed by atoms with Gasteiger partial charge in [-0.3, -0.25) is 4.79 Å². The lowest BCUT2D eigenvalue weighted by Gasteiger charge is -2.09. The smallest absolute Gasteiger partial charge is 0.283 e. The van der Waals surface area contributed by atoms with Crippen LogP contribution in [-0.4, -0.2) is 15.8 Å². The summed E-state index contributed by atoms with van der Waals surface area (Å²) < 4.78 is 1.84. The summed E-state index contributed by atoms with van der Waals surface area (Å²) in [5, 5.41) is 10.9. The Morgan fingerprint density at radius 3 is 2.76 bits per heavy atom. The number of hydrogen-bond donors (Lipinski definition) is 2. The Labute approximate surface area is 153 Å². The molecular weight excluding hydrogens is 380 g/mol. The molecule has 0 aliphatic rings. The number of nitrogens with zero attached hydrogens (tertiary/aromatic N) is 2. The van der Waals surface area contributed by atoms with Crippen LogP contribution < -0.4 is 10.9 Å². The highest BCUT2D eigenvalue weighted by Crippen LogP contribution is 2.19. The van der Waals surface area contributed by atoms with Crippen LogP contribution in [0.25, 0.3) is 16.6 Å². The van der Waals surface area contributed by atoms with Crippen molar-refractivity contribution in [2.24, 2.45) is 7.05 Å². The predicted molar refractivity (Wildman–Crippen MR) is 105 cm³/mol. The van der Waals surface area contributed by atoms with Gasteiger partial charge in [-0.2, -0.15) is 0 Å². The molecule has 3 rings (SSSR count). The zero-order valence-electron chi connectivity index (χ0n) is 13.7. The Kier molecular flexibility index (Phi) is 5.09. The first-order valence-corrected chi connectivity index (χ1v) is 8.54. The third kappa shape index (κ3) is 3.69. The van der Waals surface area contributed by atoms with Gasteiger partial charge in [-0.1, -0.05) is 36.4 Å². The highest BCUT2D eigenvalue weighted by atomic mass is 79.9. The molecule has 2 aromatic carbocycles. The molecule has 0 aliphatic heterocycles. The number of benzene rings is 2. The van der Waals surface area contributed by atoms with Crippen LogP contribution in [0.1, 0.15) is 11.1 Å². The van der Waals surface area contributed by atoms with E-state index in [0.29, 0.717) is 11.1 Å². The molecule has 126 valence electrons. The zero-order valence-corrected chi connectivity index (χ0v) is 15.2. The lowest BCUT2D eigenvalue weighted by molar-refractivity contribution is 0.872. The van der Waals surface area contributed by atoms with E-state index in [1.54, 1.807) is 11.6 Å². The highest BCUT2D eigenvalue weighted by Gasteiger charge is 2.08. The van der Waals surface area contributed by atoms with E-state index < -0.39 is 0 Å². The zero-order chi connectivity index (χ0) is 17.8. The van der Waals surface area contributed by atoms with Gasteiger partial charge in [-0.25, -0.2) is 4.98 Å². The average Bonchev–Trinajstić information content (AvgIpc) is 2.64. The molecule has 0 bridgehead atoms. The van der Waals surface area contributed by atoms with E-state index in [9.17, 15) is 4.79 Å². The second-order valence-corrected chi connectivity index (χ2v) is 6.33. The first kappa shape index (κ1) is 17.1. The van der Waals surface area contributed by atoms with Crippen LogP contribution in [0.5, 0.6) is 0 Å². The van der Waals surface area contributed by atoms with Crippen LogP contribution >= 0.6 is 15.9 Å². The molecule has 0 atom stereocenters. The molecule has 1 aromatic heterocycles. The minimum absolute atomic E-state index is 0.188. The summed E-state index contributed by atoms with van der Waals surface area (Å²) in [6, 6.07) is 15.7. The molecule has 0 amide bonds. The Morgan fingerprint density at radius 1 is 1.28 bits per heavy atom. The van der Waals surface area contributed by atoms with Gasteiger partial charge in [-0.05, 0) is 39.2 Å². The van der Waals surface area contributed by atoms with Crippen molar-refractivity contribution in [3.8, 4) is 0 Å². The number of nitrogens with one attached hydrogen (secondary N) is 2. The van der Waals surface area contributed by atoms with Gasteiger partial charge in [0.1, 0.15) is 0 Å².